The molecule has 0 saturated heterocycles. The minimum absolute atomic E-state index is 0.118. The number of fused-ring (bicyclic) bond motifs is 7. The van der Waals surface area contributed by atoms with Crippen LogP contribution in [-0.2, 0) is 13.0 Å². The highest BCUT2D eigenvalue weighted by atomic mass is 19.1. The highest BCUT2D eigenvalue weighted by Gasteiger charge is 2.34. The smallest absolute Gasteiger partial charge is 0.166 e. The molecule has 1 aliphatic heterocycles. The fourth-order valence-electron chi connectivity index (χ4n) is 5.34. The number of nitrogen functional groups attached to an aromatic ring is 1. The zero-order valence-corrected chi connectivity index (χ0v) is 18.6. The Morgan fingerprint density at radius 3 is 2.97 bits per heavy atom. The van der Waals surface area contributed by atoms with Crippen molar-refractivity contribution in [1.29, 1.82) is 0 Å². The summed E-state index contributed by atoms with van der Waals surface area (Å²) in [7, 11) is 0. The minimum atomic E-state index is -0.455. The lowest BCUT2D eigenvalue weighted by Gasteiger charge is -2.26. The maximum Gasteiger partial charge on any atom is 0.166 e. The minimum Gasteiger partial charge on any atom is -0.482 e. The average Bonchev–Trinajstić information content (AvgIpc) is 3.44. The van der Waals surface area contributed by atoms with E-state index in [1.54, 1.807) is 12.3 Å². The van der Waals surface area contributed by atoms with Gasteiger partial charge in [-0.3, -0.25) is 9.78 Å². The molecule has 1 unspecified atom stereocenters. The Balaban J connectivity index is 1.70. The van der Waals surface area contributed by atoms with Crippen LogP contribution in [0.15, 0.2) is 36.7 Å². The predicted octanol–water partition coefficient (Wildman–Crippen LogP) is 5.00. The number of anilines is 1. The Hall–Kier alpha value is -3.68. The fraction of sp³-hybridized carbons (Fsp3) is 0.320. The Morgan fingerprint density at radius 2 is 2.12 bits per heavy atom. The van der Waals surface area contributed by atoms with Crippen molar-refractivity contribution < 1.29 is 9.13 Å². The average molecular weight is 445 g/mol. The van der Waals surface area contributed by atoms with Crippen molar-refractivity contribution in [2.45, 2.75) is 51.7 Å². The standard InChI is InChI=1S/C25H25FN6O/c1-3-32-24-14-9-21(25(27)28-11-14)33-13(2)18-10-15(26)7-8-17(18)23-19(12-29-30-23)16-5-4-6-20(31-32)22(16)24/h7-13,16H,3-6H2,1-2H3,(H2,27,28)(H,29,30)/t13-,16?/m1/s1. The number of hydrogen-bond donors (Lipinski definition) is 2. The second kappa shape index (κ2) is 7.43. The van der Waals surface area contributed by atoms with Crippen LogP contribution in [0.2, 0.25) is 0 Å². The van der Waals surface area contributed by atoms with Crippen LogP contribution in [0.5, 0.6) is 5.75 Å². The van der Waals surface area contributed by atoms with Crippen molar-refractivity contribution in [2.75, 3.05) is 5.73 Å². The first kappa shape index (κ1) is 20.0. The summed E-state index contributed by atoms with van der Waals surface area (Å²) in [4.78, 5) is 4.44. The maximum atomic E-state index is 14.3. The van der Waals surface area contributed by atoms with Crippen molar-refractivity contribution in [3.8, 4) is 28.3 Å². The summed E-state index contributed by atoms with van der Waals surface area (Å²) in [6.07, 6.45) is 6.20. The molecule has 0 fully saturated rings. The highest BCUT2D eigenvalue weighted by molar-refractivity contribution is 5.74. The highest BCUT2D eigenvalue weighted by Crippen LogP contribution is 2.46. The lowest BCUT2D eigenvalue weighted by Crippen LogP contribution is -2.13. The van der Waals surface area contributed by atoms with Crippen LogP contribution in [0, 0.1) is 5.82 Å². The number of aromatic amines is 1. The molecule has 7 nitrogen and oxygen atoms in total. The van der Waals surface area contributed by atoms with Crippen LogP contribution in [0.25, 0.3) is 22.5 Å². The molecule has 33 heavy (non-hydrogen) atoms. The van der Waals surface area contributed by atoms with E-state index in [0.29, 0.717) is 11.6 Å². The third kappa shape index (κ3) is 3.04. The van der Waals surface area contributed by atoms with Crippen molar-refractivity contribution in [3.63, 3.8) is 0 Å². The fourth-order valence-corrected chi connectivity index (χ4v) is 5.34. The van der Waals surface area contributed by atoms with Gasteiger partial charge in [-0.1, -0.05) is 0 Å². The van der Waals surface area contributed by atoms with Gasteiger partial charge < -0.3 is 10.5 Å². The number of hydrogen-bond acceptors (Lipinski definition) is 5. The number of benzene rings is 1. The van der Waals surface area contributed by atoms with Gasteiger partial charge in [0, 0.05) is 46.5 Å². The van der Waals surface area contributed by atoms with Gasteiger partial charge in [0.05, 0.1) is 23.3 Å². The largest absolute Gasteiger partial charge is 0.482 e. The van der Waals surface area contributed by atoms with Gasteiger partial charge in [0.15, 0.2) is 11.6 Å². The van der Waals surface area contributed by atoms with Crippen LogP contribution in [-0.4, -0.2) is 25.0 Å². The van der Waals surface area contributed by atoms with Crippen molar-refractivity contribution in [1.82, 2.24) is 25.0 Å². The summed E-state index contributed by atoms with van der Waals surface area (Å²) in [6, 6.07) is 6.73. The summed E-state index contributed by atoms with van der Waals surface area (Å²) in [5.74, 6) is 0.581. The second-order valence-electron chi connectivity index (χ2n) is 8.77. The molecule has 1 aromatic carbocycles. The Labute approximate surface area is 190 Å². The predicted molar refractivity (Wildman–Crippen MR) is 123 cm³/mol. The summed E-state index contributed by atoms with van der Waals surface area (Å²) in [6.45, 7) is 4.73. The molecule has 168 valence electrons. The molecule has 1 aliphatic carbocycles. The number of nitrogens with one attached hydrogen (secondary N) is 1. The number of aryl methyl sites for hydroxylation is 2. The summed E-state index contributed by atoms with van der Waals surface area (Å²) in [5.41, 5.74) is 14.1. The molecule has 0 amide bonds. The molecule has 4 heterocycles. The molecular formula is C25H25FN6O. The zero-order chi connectivity index (χ0) is 22.7. The lowest BCUT2D eigenvalue weighted by molar-refractivity contribution is 0.227. The Bertz CT molecular complexity index is 1370. The molecule has 2 aliphatic rings. The van der Waals surface area contributed by atoms with Gasteiger partial charge in [-0.25, -0.2) is 9.37 Å². The van der Waals surface area contributed by atoms with Crippen LogP contribution in [0.4, 0.5) is 10.2 Å². The van der Waals surface area contributed by atoms with Crippen LogP contribution in [0.3, 0.4) is 0 Å². The molecule has 2 bridgehead atoms. The van der Waals surface area contributed by atoms with Gasteiger partial charge in [-0.05, 0) is 57.4 Å². The molecule has 8 heteroatoms. The first-order valence-electron chi connectivity index (χ1n) is 11.4. The summed E-state index contributed by atoms with van der Waals surface area (Å²) >= 11 is 0. The number of aromatic nitrogens is 5. The molecule has 4 aromatic rings. The molecule has 3 N–H and O–H groups in total. The van der Waals surface area contributed by atoms with E-state index in [4.69, 9.17) is 15.6 Å². The number of H-pyrrole nitrogens is 1. The van der Waals surface area contributed by atoms with E-state index in [9.17, 15) is 4.39 Å². The first-order chi connectivity index (χ1) is 16.0. The first-order valence-corrected chi connectivity index (χ1v) is 11.4. The molecule has 6 rings (SSSR count). The van der Waals surface area contributed by atoms with Crippen molar-refractivity contribution >= 4 is 5.82 Å². The molecular weight excluding hydrogens is 419 g/mol. The van der Waals surface area contributed by atoms with Gasteiger partial charge in [0.1, 0.15) is 11.9 Å². The summed E-state index contributed by atoms with van der Waals surface area (Å²) < 4.78 is 22.7. The molecule has 0 spiro atoms. The number of halogens is 1. The van der Waals surface area contributed by atoms with E-state index < -0.39 is 6.10 Å². The Kier molecular flexibility index (Phi) is 4.50. The quantitative estimate of drug-likeness (QED) is 0.431. The third-order valence-electron chi connectivity index (χ3n) is 6.84. The maximum absolute atomic E-state index is 14.3. The normalized spacial score (nSPS) is 18.9. The number of rotatable bonds is 1. The monoisotopic (exact) mass is 444 g/mol. The van der Waals surface area contributed by atoms with Crippen molar-refractivity contribution in [3.05, 3.63) is 64.9 Å². The van der Waals surface area contributed by atoms with Gasteiger partial charge in [-0.15, -0.1) is 0 Å². The van der Waals surface area contributed by atoms with E-state index in [-0.39, 0.29) is 11.7 Å². The van der Waals surface area contributed by atoms with E-state index in [2.05, 4.69) is 26.8 Å². The second-order valence-corrected chi connectivity index (χ2v) is 8.77. The number of pyridine rings is 1. The molecule has 2 atom stereocenters. The van der Waals surface area contributed by atoms with Crippen LogP contribution < -0.4 is 10.5 Å². The number of ether oxygens (including phenoxy) is 1. The SMILES string of the molecule is CCn1nc2c3c1-c1cnc(N)c(c1)O[C@H](C)c1cc(F)ccc1-c1[nH]ncc1C3CCC2. The van der Waals surface area contributed by atoms with Crippen molar-refractivity contribution in [2.24, 2.45) is 0 Å². The van der Waals surface area contributed by atoms with Crippen LogP contribution in [0.1, 0.15) is 61.1 Å². The van der Waals surface area contributed by atoms with Gasteiger partial charge in [0.2, 0.25) is 0 Å². The van der Waals surface area contributed by atoms with E-state index in [0.717, 1.165) is 65.1 Å². The molecule has 0 radical (unpaired) electrons. The summed E-state index contributed by atoms with van der Waals surface area (Å²) in [5, 5.41) is 12.6. The topological polar surface area (TPSA) is 94.6 Å². The number of nitrogens with zero attached hydrogens (tertiary/aromatic N) is 4. The van der Waals surface area contributed by atoms with Gasteiger partial charge in [0.25, 0.3) is 0 Å². The number of nitrogens with two attached hydrogens (primary N) is 1. The zero-order valence-electron chi connectivity index (χ0n) is 18.6. The van der Waals surface area contributed by atoms with E-state index >= 15 is 0 Å². The molecule has 0 saturated carbocycles. The van der Waals surface area contributed by atoms with Gasteiger partial charge >= 0.3 is 0 Å². The van der Waals surface area contributed by atoms with Gasteiger partial charge in [-0.2, -0.15) is 10.2 Å². The van der Waals surface area contributed by atoms with Crippen LogP contribution >= 0.6 is 0 Å². The Morgan fingerprint density at radius 1 is 1.24 bits per heavy atom. The molecule has 3 aromatic heterocycles. The lowest BCUT2D eigenvalue weighted by atomic mass is 9.79. The third-order valence-corrected chi connectivity index (χ3v) is 6.84. The van der Waals surface area contributed by atoms with E-state index in [1.165, 1.54) is 17.7 Å². The van der Waals surface area contributed by atoms with E-state index in [1.807, 2.05) is 19.2 Å².